The molecule has 0 radical (unpaired) electrons. The third-order valence-corrected chi connectivity index (χ3v) is 6.26. The molecule has 176 valence electrons. The average Bonchev–Trinajstić information content (AvgIpc) is 3.38. The van der Waals surface area contributed by atoms with E-state index in [9.17, 15) is 9.18 Å². The first-order valence-corrected chi connectivity index (χ1v) is 11.5. The number of rotatable bonds is 6. The van der Waals surface area contributed by atoms with Crippen molar-refractivity contribution in [3.63, 3.8) is 0 Å². The van der Waals surface area contributed by atoms with Gasteiger partial charge in [0.25, 0.3) is 5.89 Å². The van der Waals surface area contributed by atoms with Crippen LogP contribution in [0.25, 0.3) is 17.0 Å². The number of nitrogens with one attached hydrogen (secondary N) is 1. The largest absolute Gasteiger partial charge is 0.334 e. The van der Waals surface area contributed by atoms with Crippen molar-refractivity contribution in [1.29, 1.82) is 0 Å². The number of allylic oxidation sites excluding steroid dienone is 1. The first-order chi connectivity index (χ1) is 17.0. The van der Waals surface area contributed by atoms with Gasteiger partial charge in [0.15, 0.2) is 0 Å². The van der Waals surface area contributed by atoms with Gasteiger partial charge in [-0.1, -0.05) is 78.8 Å². The van der Waals surface area contributed by atoms with Crippen molar-refractivity contribution < 1.29 is 13.7 Å². The van der Waals surface area contributed by atoms with Crippen molar-refractivity contribution >= 4 is 11.6 Å². The zero-order valence-electron chi connectivity index (χ0n) is 19.5. The topological polar surface area (TPSA) is 71.3 Å². The number of carbonyl (C=O) groups is 1. The van der Waals surface area contributed by atoms with Gasteiger partial charge in [0.1, 0.15) is 5.82 Å². The van der Waals surface area contributed by atoms with E-state index < -0.39 is 6.04 Å². The Morgan fingerprint density at radius 2 is 1.66 bits per heavy atom. The lowest BCUT2D eigenvalue weighted by Crippen LogP contribution is -2.45. The molecule has 3 aromatic carbocycles. The molecule has 1 aromatic heterocycles. The summed E-state index contributed by atoms with van der Waals surface area (Å²) in [7, 11) is 0. The van der Waals surface area contributed by atoms with Crippen LogP contribution in [0.4, 0.5) is 9.18 Å². The molecule has 2 heterocycles. The predicted octanol–water partition coefficient (Wildman–Crippen LogP) is 6.14. The van der Waals surface area contributed by atoms with Crippen molar-refractivity contribution in [3.8, 4) is 11.4 Å². The first kappa shape index (κ1) is 22.5. The summed E-state index contributed by atoms with van der Waals surface area (Å²) in [5.41, 5.74) is 5.21. The quantitative estimate of drug-likeness (QED) is 0.369. The van der Waals surface area contributed by atoms with E-state index >= 15 is 0 Å². The number of carbonyl (C=O) groups excluding carboxylic acids is 1. The molecule has 0 bridgehead atoms. The molecule has 0 spiro atoms. The predicted molar refractivity (Wildman–Crippen MR) is 131 cm³/mol. The number of nitrogens with zero attached hydrogens (tertiary/aromatic N) is 3. The van der Waals surface area contributed by atoms with Gasteiger partial charge in [0, 0.05) is 11.3 Å². The van der Waals surface area contributed by atoms with E-state index in [2.05, 4.69) is 34.5 Å². The van der Waals surface area contributed by atoms with Crippen LogP contribution >= 0.6 is 0 Å². The molecule has 2 amide bonds. The van der Waals surface area contributed by atoms with Gasteiger partial charge in [-0.25, -0.2) is 9.18 Å². The molecule has 1 atom stereocenters. The van der Waals surface area contributed by atoms with Crippen LogP contribution in [0.1, 0.15) is 42.5 Å². The molecule has 1 aliphatic rings. The molecule has 35 heavy (non-hydrogen) atoms. The van der Waals surface area contributed by atoms with Crippen molar-refractivity contribution in [2.75, 3.05) is 0 Å². The lowest BCUT2D eigenvalue weighted by Gasteiger charge is -2.35. The summed E-state index contributed by atoms with van der Waals surface area (Å²) in [4.78, 5) is 19.5. The van der Waals surface area contributed by atoms with Gasteiger partial charge < -0.3 is 9.84 Å². The van der Waals surface area contributed by atoms with Crippen LogP contribution in [0.15, 0.2) is 89.1 Å². The van der Waals surface area contributed by atoms with Gasteiger partial charge in [-0.3, -0.25) is 4.90 Å². The molecule has 7 heteroatoms. The summed E-state index contributed by atoms with van der Waals surface area (Å²) < 4.78 is 19.1. The molecule has 0 saturated carbocycles. The van der Waals surface area contributed by atoms with Gasteiger partial charge >= 0.3 is 6.03 Å². The molecule has 4 aromatic rings. The Morgan fingerprint density at radius 3 is 2.34 bits per heavy atom. The second-order valence-electron chi connectivity index (χ2n) is 8.48. The number of aryl methyl sites for hydroxylation is 1. The summed E-state index contributed by atoms with van der Waals surface area (Å²) in [6.07, 6.45) is 0.925. The molecule has 5 rings (SSSR count). The molecular formula is C28H25FN4O2. The van der Waals surface area contributed by atoms with E-state index in [4.69, 9.17) is 4.52 Å². The highest BCUT2D eigenvalue weighted by Gasteiger charge is 2.35. The maximum absolute atomic E-state index is 13.4. The standard InChI is InChI=1S/C28H25FN4O2/c1-3-19-9-13-21(14-10-19)25-24(27-31-26(32-35-27)22-7-5-4-6-8-22)18(2)33(28(34)30-25)17-20-11-15-23(29)16-12-20/h4-16,25H,3,17H2,1-2H3,(H,30,34). The molecule has 0 aliphatic carbocycles. The lowest BCUT2D eigenvalue weighted by molar-refractivity contribution is 0.203. The Balaban J connectivity index is 1.58. The molecule has 1 unspecified atom stereocenters. The van der Waals surface area contributed by atoms with Crippen LogP contribution in [-0.4, -0.2) is 21.1 Å². The normalized spacial score (nSPS) is 15.9. The SMILES string of the molecule is CCc1ccc(C2NC(=O)N(Cc3ccc(F)cc3)C(C)=C2c2nc(-c3ccccc3)no2)cc1. The number of amides is 2. The second-order valence-corrected chi connectivity index (χ2v) is 8.48. The van der Waals surface area contributed by atoms with E-state index in [1.807, 2.05) is 49.4 Å². The zero-order chi connectivity index (χ0) is 24.4. The van der Waals surface area contributed by atoms with Crippen molar-refractivity contribution in [3.05, 3.63) is 113 Å². The Morgan fingerprint density at radius 1 is 0.971 bits per heavy atom. The summed E-state index contributed by atoms with van der Waals surface area (Å²) in [5, 5.41) is 7.30. The highest BCUT2D eigenvalue weighted by molar-refractivity contribution is 5.86. The summed E-state index contributed by atoms with van der Waals surface area (Å²) in [6, 6.07) is 23.2. The summed E-state index contributed by atoms with van der Waals surface area (Å²) >= 11 is 0. The van der Waals surface area contributed by atoms with E-state index in [1.165, 1.54) is 17.7 Å². The average molecular weight is 469 g/mol. The van der Waals surface area contributed by atoms with E-state index in [-0.39, 0.29) is 18.4 Å². The highest BCUT2D eigenvalue weighted by atomic mass is 19.1. The molecule has 0 fully saturated rings. The maximum atomic E-state index is 13.4. The monoisotopic (exact) mass is 468 g/mol. The van der Waals surface area contributed by atoms with Crippen molar-refractivity contribution in [2.24, 2.45) is 0 Å². The minimum Gasteiger partial charge on any atom is -0.334 e. The summed E-state index contributed by atoms with van der Waals surface area (Å²) in [5.74, 6) is 0.498. The van der Waals surface area contributed by atoms with Gasteiger partial charge in [0.05, 0.1) is 18.2 Å². The minimum absolute atomic E-state index is 0.247. The Hall–Kier alpha value is -4.26. The number of hydrogen-bond acceptors (Lipinski definition) is 4. The number of halogens is 1. The fraction of sp³-hybridized carbons (Fsp3) is 0.179. The van der Waals surface area contributed by atoms with Crippen LogP contribution < -0.4 is 5.32 Å². The van der Waals surface area contributed by atoms with Crippen LogP contribution in [0.5, 0.6) is 0 Å². The maximum Gasteiger partial charge on any atom is 0.322 e. The fourth-order valence-electron chi connectivity index (χ4n) is 4.25. The van der Waals surface area contributed by atoms with Crippen LogP contribution in [-0.2, 0) is 13.0 Å². The minimum atomic E-state index is -0.457. The molecule has 1 aliphatic heterocycles. The number of urea groups is 1. The Bertz CT molecular complexity index is 1360. The van der Waals surface area contributed by atoms with Gasteiger partial charge in [-0.05, 0) is 42.2 Å². The third kappa shape index (κ3) is 4.57. The fourth-order valence-corrected chi connectivity index (χ4v) is 4.25. The molecular weight excluding hydrogens is 443 g/mol. The van der Waals surface area contributed by atoms with E-state index in [1.54, 1.807) is 17.0 Å². The van der Waals surface area contributed by atoms with Crippen LogP contribution in [0.2, 0.25) is 0 Å². The van der Waals surface area contributed by atoms with Crippen molar-refractivity contribution in [1.82, 2.24) is 20.4 Å². The number of aromatic nitrogens is 2. The van der Waals surface area contributed by atoms with Crippen molar-refractivity contribution in [2.45, 2.75) is 32.9 Å². The number of hydrogen-bond donors (Lipinski definition) is 1. The van der Waals surface area contributed by atoms with Crippen LogP contribution in [0.3, 0.4) is 0 Å². The molecule has 6 nitrogen and oxygen atoms in total. The second kappa shape index (κ2) is 9.54. The van der Waals surface area contributed by atoms with Gasteiger partial charge in [-0.2, -0.15) is 4.98 Å². The molecule has 1 N–H and O–H groups in total. The highest BCUT2D eigenvalue weighted by Crippen LogP contribution is 2.38. The number of benzene rings is 3. The smallest absolute Gasteiger partial charge is 0.322 e. The van der Waals surface area contributed by atoms with Gasteiger partial charge in [0.2, 0.25) is 5.82 Å². The van der Waals surface area contributed by atoms with Crippen LogP contribution in [0, 0.1) is 5.82 Å². The summed E-state index contributed by atoms with van der Waals surface area (Å²) in [6.45, 7) is 4.25. The zero-order valence-corrected chi connectivity index (χ0v) is 19.5. The lowest BCUT2D eigenvalue weighted by atomic mass is 9.93. The third-order valence-electron chi connectivity index (χ3n) is 6.26. The first-order valence-electron chi connectivity index (χ1n) is 11.5. The van der Waals surface area contributed by atoms with E-state index in [0.29, 0.717) is 17.4 Å². The molecule has 0 saturated heterocycles. The van der Waals surface area contributed by atoms with Gasteiger partial charge in [-0.15, -0.1) is 0 Å². The Labute approximate surface area is 203 Å². The van der Waals surface area contributed by atoms with E-state index in [0.717, 1.165) is 28.7 Å². The Kier molecular flexibility index (Phi) is 6.14.